The summed E-state index contributed by atoms with van der Waals surface area (Å²) >= 11 is 1.75. The molecule has 3 aromatic carbocycles. The third-order valence-electron chi connectivity index (χ3n) is 9.21. The third-order valence-corrected chi connectivity index (χ3v) is 10.4. The molecule has 5 nitrogen and oxygen atoms in total. The van der Waals surface area contributed by atoms with Crippen LogP contribution in [0.5, 0.6) is 0 Å². The van der Waals surface area contributed by atoms with Crippen LogP contribution in [0, 0.1) is 17.7 Å². The van der Waals surface area contributed by atoms with Crippen molar-refractivity contribution in [3.63, 3.8) is 0 Å². The van der Waals surface area contributed by atoms with Crippen molar-refractivity contribution in [2.75, 3.05) is 27.0 Å². The van der Waals surface area contributed by atoms with Crippen LogP contribution in [-0.4, -0.2) is 60.6 Å². The first-order valence-electron chi connectivity index (χ1n) is 15.4. The smallest absolute Gasteiger partial charge is 0.336 e. The Hall–Kier alpha value is -3.16. The van der Waals surface area contributed by atoms with Crippen molar-refractivity contribution in [2.45, 2.75) is 62.0 Å². The number of aliphatic imine (C=N–C) groups is 1. The highest BCUT2D eigenvalue weighted by Gasteiger charge is 2.53. The molecule has 1 aliphatic carbocycles. The van der Waals surface area contributed by atoms with Crippen LogP contribution >= 0.6 is 11.8 Å². The summed E-state index contributed by atoms with van der Waals surface area (Å²) in [4.78, 5) is 23.1. The van der Waals surface area contributed by atoms with Crippen molar-refractivity contribution < 1.29 is 13.9 Å². The van der Waals surface area contributed by atoms with Gasteiger partial charge in [0.25, 0.3) is 0 Å². The van der Waals surface area contributed by atoms with E-state index >= 15 is 0 Å². The molecule has 0 radical (unpaired) electrons. The molecule has 3 aromatic rings. The van der Waals surface area contributed by atoms with Gasteiger partial charge in [0.15, 0.2) is 5.54 Å². The van der Waals surface area contributed by atoms with E-state index in [0.29, 0.717) is 24.1 Å². The number of hydrogen-bond acceptors (Lipinski definition) is 6. The van der Waals surface area contributed by atoms with Crippen LogP contribution in [0.15, 0.2) is 89.9 Å². The van der Waals surface area contributed by atoms with Crippen molar-refractivity contribution in [1.29, 1.82) is 0 Å². The van der Waals surface area contributed by atoms with Crippen molar-refractivity contribution in [3.8, 4) is 0 Å². The zero-order valence-corrected chi connectivity index (χ0v) is 26.4. The number of benzene rings is 3. The van der Waals surface area contributed by atoms with E-state index in [9.17, 15) is 9.18 Å². The first kappa shape index (κ1) is 31.3. The van der Waals surface area contributed by atoms with E-state index < -0.39 is 5.54 Å². The molecular formula is C36H44FN3O2S. The largest absolute Gasteiger partial charge is 0.467 e. The summed E-state index contributed by atoms with van der Waals surface area (Å²) < 4.78 is 19.6. The standard InChI is InChI=1S/C36H44FN3O2S/c1-39(2)34(31-15-10-16-32(37)22-31)30-19-17-27(18-20-30)21-33-36(35(41)42-3,25-43-24-29-13-8-5-9-14-29)38-26-40(33)23-28-11-6-4-7-12-28/h4-16,22,26-27,30,33-34H,17-21,23-25H2,1-3H3. The molecule has 3 unspecified atom stereocenters. The summed E-state index contributed by atoms with van der Waals surface area (Å²) in [7, 11) is 5.67. The van der Waals surface area contributed by atoms with Gasteiger partial charge in [-0.1, -0.05) is 85.6 Å². The number of halogens is 1. The number of carbonyl (C=O) groups is 1. The van der Waals surface area contributed by atoms with Gasteiger partial charge in [0.1, 0.15) is 5.82 Å². The van der Waals surface area contributed by atoms with Gasteiger partial charge in [-0.15, -0.1) is 0 Å². The predicted octanol–water partition coefficient (Wildman–Crippen LogP) is 7.38. The summed E-state index contributed by atoms with van der Waals surface area (Å²) in [6, 6.07) is 27.9. The van der Waals surface area contributed by atoms with Crippen molar-refractivity contribution in [1.82, 2.24) is 9.80 Å². The van der Waals surface area contributed by atoms with Gasteiger partial charge in [0.2, 0.25) is 0 Å². The monoisotopic (exact) mass is 601 g/mol. The van der Waals surface area contributed by atoms with Gasteiger partial charge in [0, 0.05) is 24.1 Å². The molecule has 7 heteroatoms. The molecular weight excluding hydrogens is 557 g/mol. The fourth-order valence-corrected chi connectivity index (χ4v) is 8.31. The second kappa shape index (κ2) is 14.5. The predicted molar refractivity (Wildman–Crippen MR) is 175 cm³/mol. The van der Waals surface area contributed by atoms with Crippen LogP contribution in [0.1, 0.15) is 54.8 Å². The van der Waals surface area contributed by atoms with E-state index in [1.807, 2.05) is 24.5 Å². The van der Waals surface area contributed by atoms with Crippen LogP contribution < -0.4 is 0 Å². The molecule has 0 saturated heterocycles. The van der Waals surface area contributed by atoms with E-state index in [4.69, 9.17) is 9.73 Å². The van der Waals surface area contributed by atoms with Crippen LogP contribution in [0.4, 0.5) is 4.39 Å². The topological polar surface area (TPSA) is 45.1 Å². The van der Waals surface area contributed by atoms with Gasteiger partial charge in [-0.25, -0.2) is 9.18 Å². The minimum atomic E-state index is -0.951. The molecule has 5 rings (SSSR count). The molecule has 0 N–H and O–H groups in total. The van der Waals surface area contributed by atoms with E-state index in [1.165, 1.54) is 24.3 Å². The molecule has 3 atom stereocenters. The first-order valence-corrected chi connectivity index (χ1v) is 16.5. The molecule has 0 bridgehead atoms. The highest BCUT2D eigenvalue weighted by Crippen LogP contribution is 2.44. The fraction of sp³-hybridized carbons (Fsp3) is 0.444. The van der Waals surface area contributed by atoms with E-state index in [1.54, 1.807) is 17.8 Å². The lowest BCUT2D eigenvalue weighted by atomic mass is 9.73. The molecule has 0 amide bonds. The number of methoxy groups -OCH3 is 1. The molecule has 1 saturated carbocycles. The first-order chi connectivity index (χ1) is 20.9. The lowest BCUT2D eigenvalue weighted by molar-refractivity contribution is -0.147. The molecule has 2 aliphatic rings. The molecule has 0 aromatic heterocycles. The molecule has 1 fully saturated rings. The van der Waals surface area contributed by atoms with Gasteiger partial charge in [0.05, 0.1) is 19.5 Å². The highest BCUT2D eigenvalue weighted by atomic mass is 32.2. The Morgan fingerprint density at radius 1 is 1.00 bits per heavy atom. The summed E-state index contributed by atoms with van der Waals surface area (Å²) in [5.41, 5.74) is 2.53. The van der Waals surface area contributed by atoms with Crippen molar-refractivity contribution >= 4 is 24.1 Å². The second-order valence-electron chi connectivity index (χ2n) is 12.3. The van der Waals surface area contributed by atoms with Crippen molar-refractivity contribution in [2.24, 2.45) is 16.8 Å². The molecule has 43 heavy (non-hydrogen) atoms. The van der Waals surface area contributed by atoms with Crippen LogP contribution in [0.3, 0.4) is 0 Å². The lowest BCUT2D eigenvalue weighted by Gasteiger charge is -2.41. The van der Waals surface area contributed by atoms with Gasteiger partial charge >= 0.3 is 5.97 Å². The summed E-state index contributed by atoms with van der Waals surface area (Å²) in [6.45, 7) is 0.703. The maximum atomic E-state index is 14.1. The van der Waals surface area contributed by atoms with Gasteiger partial charge in [-0.2, -0.15) is 11.8 Å². The zero-order valence-electron chi connectivity index (χ0n) is 25.6. The third kappa shape index (κ3) is 7.50. The Labute approximate surface area is 260 Å². The average molecular weight is 602 g/mol. The minimum Gasteiger partial charge on any atom is -0.467 e. The second-order valence-corrected chi connectivity index (χ2v) is 13.3. The number of hydrogen-bond donors (Lipinski definition) is 0. The SMILES string of the molecule is COC(=O)C1(CSCc2ccccc2)N=CN(Cc2ccccc2)C1CC1CCC(C(c2cccc(F)c2)N(C)C)CC1. The lowest BCUT2D eigenvalue weighted by Crippen LogP contribution is -2.54. The summed E-state index contributed by atoms with van der Waals surface area (Å²) in [5.74, 6) is 1.88. The average Bonchev–Trinajstić information content (AvgIpc) is 3.35. The highest BCUT2D eigenvalue weighted by molar-refractivity contribution is 7.98. The Morgan fingerprint density at radius 3 is 2.30 bits per heavy atom. The zero-order chi connectivity index (χ0) is 30.2. The Balaban J connectivity index is 1.33. The van der Waals surface area contributed by atoms with Gasteiger partial charge < -0.3 is 14.5 Å². The Kier molecular flexibility index (Phi) is 10.6. The number of ether oxygens (including phenoxy) is 1. The maximum absolute atomic E-state index is 14.1. The van der Waals surface area contributed by atoms with E-state index in [0.717, 1.165) is 43.4 Å². The summed E-state index contributed by atoms with van der Waals surface area (Å²) in [5, 5.41) is 0. The van der Waals surface area contributed by atoms with Crippen LogP contribution in [0.25, 0.3) is 0 Å². The van der Waals surface area contributed by atoms with E-state index in [-0.39, 0.29) is 23.9 Å². The minimum absolute atomic E-state index is 0.0853. The van der Waals surface area contributed by atoms with E-state index in [2.05, 4.69) is 78.5 Å². The number of carbonyl (C=O) groups excluding carboxylic acids is 1. The number of nitrogens with zero attached hydrogens (tertiary/aromatic N) is 3. The van der Waals surface area contributed by atoms with Crippen molar-refractivity contribution in [3.05, 3.63) is 107 Å². The molecule has 228 valence electrons. The van der Waals surface area contributed by atoms with Gasteiger partial charge in [-0.05, 0) is 74.0 Å². The maximum Gasteiger partial charge on any atom is 0.336 e. The van der Waals surface area contributed by atoms with Crippen LogP contribution in [-0.2, 0) is 21.8 Å². The Bertz CT molecular complexity index is 1350. The number of rotatable bonds is 12. The number of thioether (sulfide) groups is 1. The normalized spacial score (nSPS) is 24.3. The summed E-state index contributed by atoms with van der Waals surface area (Å²) in [6.07, 6.45) is 7.08. The molecule has 0 spiro atoms. The van der Waals surface area contributed by atoms with Crippen LogP contribution in [0.2, 0.25) is 0 Å². The van der Waals surface area contributed by atoms with Gasteiger partial charge in [-0.3, -0.25) is 4.99 Å². The quantitative estimate of drug-likeness (QED) is 0.203. The molecule has 1 aliphatic heterocycles. The number of esters is 1. The fourth-order valence-electron chi connectivity index (χ4n) is 7.09. The molecule has 1 heterocycles. The Morgan fingerprint density at radius 2 is 1.67 bits per heavy atom.